The first kappa shape index (κ1) is 12.8. The summed E-state index contributed by atoms with van der Waals surface area (Å²) in [5, 5.41) is 9.96. The van der Waals surface area contributed by atoms with Crippen molar-refractivity contribution in [1.29, 1.82) is 0 Å². The molecule has 0 aliphatic rings. The third-order valence-corrected chi connectivity index (χ3v) is 4.32. The van der Waals surface area contributed by atoms with Crippen molar-refractivity contribution in [3.63, 3.8) is 0 Å². The normalized spacial score (nSPS) is 12.6. The zero-order valence-electron chi connectivity index (χ0n) is 9.47. The Morgan fingerprint density at radius 3 is 2.53 bits per heavy atom. The van der Waals surface area contributed by atoms with E-state index in [1.165, 1.54) is 10.4 Å². The summed E-state index contributed by atoms with van der Waals surface area (Å²) in [5.41, 5.74) is 1.29. The second-order valence-electron chi connectivity index (χ2n) is 4.09. The van der Waals surface area contributed by atoms with Gasteiger partial charge in [-0.15, -0.1) is 11.3 Å². The van der Waals surface area contributed by atoms with Gasteiger partial charge in [0, 0.05) is 11.3 Å². The van der Waals surface area contributed by atoms with Crippen molar-refractivity contribution in [3.8, 4) is 0 Å². The van der Waals surface area contributed by atoms with Gasteiger partial charge < -0.3 is 5.11 Å². The van der Waals surface area contributed by atoms with E-state index >= 15 is 0 Å². The van der Waals surface area contributed by atoms with Crippen molar-refractivity contribution >= 4 is 27.3 Å². The van der Waals surface area contributed by atoms with Crippen molar-refractivity contribution < 1.29 is 5.11 Å². The van der Waals surface area contributed by atoms with E-state index in [0.717, 1.165) is 23.0 Å². The highest BCUT2D eigenvalue weighted by Gasteiger charge is 2.07. The van der Waals surface area contributed by atoms with Crippen molar-refractivity contribution in [2.45, 2.75) is 25.4 Å². The summed E-state index contributed by atoms with van der Waals surface area (Å²) < 4.78 is 1.13. The van der Waals surface area contributed by atoms with Gasteiger partial charge in [-0.05, 0) is 46.5 Å². The molecule has 1 unspecified atom stereocenters. The number of hydrogen-bond donors (Lipinski definition) is 1. The average Bonchev–Trinajstić information content (AvgIpc) is 2.73. The maximum atomic E-state index is 9.96. The largest absolute Gasteiger partial charge is 0.393 e. The lowest BCUT2D eigenvalue weighted by Gasteiger charge is -2.09. The van der Waals surface area contributed by atoms with Crippen LogP contribution in [0, 0.1) is 0 Å². The van der Waals surface area contributed by atoms with Crippen molar-refractivity contribution in [3.05, 3.63) is 56.7 Å². The second kappa shape index (κ2) is 6.34. The first-order valence-corrected chi connectivity index (χ1v) is 7.31. The average molecular weight is 311 g/mol. The van der Waals surface area contributed by atoms with Crippen LogP contribution in [0.3, 0.4) is 0 Å². The molecule has 0 radical (unpaired) electrons. The number of rotatable bonds is 5. The standard InChI is InChI=1S/C14H15BrOS/c15-14-9-8-13(17-14)10-12(16)7-6-11-4-2-1-3-5-11/h1-5,8-9,12,16H,6-7,10H2. The summed E-state index contributed by atoms with van der Waals surface area (Å²) in [7, 11) is 0. The Balaban J connectivity index is 1.80. The maximum Gasteiger partial charge on any atom is 0.0701 e. The van der Waals surface area contributed by atoms with Crippen LogP contribution in [-0.2, 0) is 12.8 Å². The third kappa shape index (κ3) is 4.26. The Bertz CT molecular complexity index is 452. The Morgan fingerprint density at radius 1 is 1.12 bits per heavy atom. The van der Waals surface area contributed by atoms with Gasteiger partial charge in [-0.2, -0.15) is 0 Å². The van der Waals surface area contributed by atoms with Crippen LogP contribution in [0.5, 0.6) is 0 Å². The summed E-state index contributed by atoms with van der Waals surface area (Å²) in [6.45, 7) is 0. The zero-order chi connectivity index (χ0) is 12.1. The van der Waals surface area contributed by atoms with Gasteiger partial charge >= 0.3 is 0 Å². The van der Waals surface area contributed by atoms with Crippen molar-refractivity contribution in [2.75, 3.05) is 0 Å². The molecule has 1 aromatic carbocycles. The molecular weight excluding hydrogens is 296 g/mol. The van der Waals surface area contributed by atoms with Crippen LogP contribution in [0.4, 0.5) is 0 Å². The molecule has 0 bridgehead atoms. The van der Waals surface area contributed by atoms with E-state index in [9.17, 15) is 5.11 Å². The Kier molecular flexibility index (Phi) is 4.77. The summed E-state index contributed by atoms with van der Waals surface area (Å²) in [5.74, 6) is 0. The Labute approximate surface area is 114 Å². The third-order valence-electron chi connectivity index (χ3n) is 2.67. The molecule has 1 nitrogen and oxygen atoms in total. The minimum atomic E-state index is -0.249. The Morgan fingerprint density at radius 2 is 1.88 bits per heavy atom. The van der Waals surface area contributed by atoms with E-state index in [1.807, 2.05) is 24.3 Å². The summed E-state index contributed by atoms with van der Waals surface area (Å²) in [6, 6.07) is 14.4. The first-order valence-electron chi connectivity index (χ1n) is 5.70. The molecule has 3 heteroatoms. The Hall–Kier alpha value is -0.640. The maximum absolute atomic E-state index is 9.96. The molecule has 1 heterocycles. The topological polar surface area (TPSA) is 20.2 Å². The van der Waals surface area contributed by atoms with E-state index in [-0.39, 0.29) is 6.10 Å². The van der Waals surface area contributed by atoms with Crippen LogP contribution in [-0.4, -0.2) is 11.2 Å². The highest BCUT2D eigenvalue weighted by atomic mass is 79.9. The number of hydrogen-bond acceptors (Lipinski definition) is 2. The van der Waals surface area contributed by atoms with E-state index in [4.69, 9.17) is 0 Å². The monoisotopic (exact) mass is 310 g/mol. The molecule has 17 heavy (non-hydrogen) atoms. The fraction of sp³-hybridized carbons (Fsp3) is 0.286. The molecule has 0 fully saturated rings. The number of benzene rings is 1. The van der Waals surface area contributed by atoms with Crippen LogP contribution in [0.25, 0.3) is 0 Å². The van der Waals surface area contributed by atoms with E-state index in [2.05, 4.69) is 34.1 Å². The van der Waals surface area contributed by atoms with Crippen LogP contribution < -0.4 is 0 Å². The lowest BCUT2D eigenvalue weighted by atomic mass is 10.0. The van der Waals surface area contributed by atoms with Crippen molar-refractivity contribution in [2.24, 2.45) is 0 Å². The number of aliphatic hydroxyl groups is 1. The van der Waals surface area contributed by atoms with Crippen molar-refractivity contribution in [1.82, 2.24) is 0 Å². The fourth-order valence-corrected chi connectivity index (χ4v) is 3.33. The van der Waals surface area contributed by atoms with Crippen LogP contribution >= 0.6 is 27.3 Å². The minimum absolute atomic E-state index is 0.249. The lowest BCUT2D eigenvalue weighted by Crippen LogP contribution is -2.10. The van der Waals surface area contributed by atoms with Gasteiger partial charge in [0.1, 0.15) is 0 Å². The van der Waals surface area contributed by atoms with E-state index < -0.39 is 0 Å². The van der Waals surface area contributed by atoms with E-state index in [0.29, 0.717) is 0 Å². The molecule has 2 rings (SSSR count). The number of aryl methyl sites for hydroxylation is 1. The molecule has 0 aliphatic heterocycles. The molecule has 0 saturated heterocycles. The SMILES string of the molecule is OC(CCc1ccccc1)Cc1ccc(Br)s1. The number of thiophene rings is 1. The summed E-state index contributed by atoms with van der Waals surface area (Å²) >= 11 is 5.13. The van der Waals surface area contributed by atoms with Crippen LogP contribution in [0.2, 0.25) is 0 Å². The second-order valence-corrected chi connectivity index (χ2v) is 6.64. The lowest BCUT2D eigenvalue weighted by molar-refractivity contribution is 0.166. The van der Waals surface area contributed by atoms with Gasteiger partial charge in [-0.25, -0.2) is 0 Å². The number of halogens is 1. The molecular formula is C14H15BrOS. The number of aliphatic hydroxyl groups excluding tert-OH is 1. The molecule has 1 atom stereocenters. The molecule has 1 N–H and O–H groups in total. The first-order chi connectivity index (χ1) is 8.24. The molecule has 0 amide bonds. The quantitative estimate of drug-likeness (QED) is 0.883. The minimum Gasteiger partial charge on any atom is -0.393 e. The zero-order valence-corrected chi connectivity index (χ0v) is 11.9. The summed E-state index contributed by atoms with van der Waals surface area (Å²) in [4.78, 5) is 1.23. The van der Waals surface area contributed by atoms with Crippen LogP contribution in [0.15, 0.2) is 46.3 Å². The molecule has 0 aliphatic carbocycles. The molecule has 0 spiro atoms. The predicted octanol–water partition coefficient (Wildman–Crippen LogP) is 4.05. The van der Waals surface area contributed by atoms with Gasteiger partial charge in [0.25, 0.3) is 0 Å². The smallest absolute Gasteiger partial charge is 0.0701 e. The highest BCUT2D eigenvalue weighted by molar-refractivity contribution is 9.11. The van der Waals surface area contributed by atoms with Gasteiger partial charge in [0.2, 0.25) is 0 Å². The van der Waals surface area contributed by atoms with E-state index in [1.54, 1.807) is 11.3 Å². The van der Waals surface area contributed by atoms with Gasteiger partial charge in [0.05, 0.1) is 9.89 Å². The van der Waals surface area contributed by atoms with Gasteiger partial charge in [-0.1, -0.05) is 30.3 Å². The predicted molar refractivity (Wildman–Crippen MR) is 76.5 cm³/mol. The highest BCUT2D eigenvalue weighted by Crippen LogP contribution is 2.23. The van der Waals surface area contributed by atoms with Gasteiger partial charge in [0.15, 0.2) is 0 Å². The van der Waals surface area contributed by atoms with Crippen LogP contribution in [0.1, 0.15) is 16.9 Å². The molecule has 90 valence electrons. The molecule has 0 saturated carbocycles. The molecule has 1 aromatic heterocycles. The summed E-state index contributed by atoms with van der Waals surface area (Å²) in [6.07, 6.45) is 2.26. The fourth-order valence-electron chi connectivity index (χ4n) is 1.77. The van der Waals surface area contributed by atoms with Gasteiger partial charge in [-0.3, -0.25) is 0 Å². The molecule has 2 aromatic rings.